The first-order valence-corrected chi connectivity index (χ1v) is 9.62. The Labute approximate surface area is 161 Å². The van der Waals surface area contributed by atoms with E-state index in [1.807, 2.05) is 11.8 Å². The maximum absolute atomic E-state index is 15.1. The van der Waals surface area contributed by atoms with E-state index in [-0.39, 0.29) is 24.2 Å². The lowest BCUT2D eigenvalue weighted by Crippen LogP contribution is -2.29. The predicted octanol–water partition coefficient (Wildman–Crippen LogP) is 2.27. The minimum atomic E-state index is -0.673. The van der Waals surface area contributed by atoms with E-state index in [4.69, 9.17) is 15.5 Å². The molecular weight excluding hydrogens is 365 g/mol. The number of nitrogens with zero attached hydrogens (tertiary/aromatic N) is 2. The molecule has 4 rings (SSSR count). The van der Waals surface area contributed by atoms with Gasteiger partial charge in [-0.2, -0.15) is 0 Å². The Bertz CT molecular complexity index is 999. The van der Waals surface area contributed by atoms with E-state index in [0.29, 0.717) is 36.3 Å². The van der Waals surface area contributed by atoms with E-state index in [1.54, 1.807) is 13.0 Å². The van der Waals surface area contributed by atoms with Crippen LogP contribution in [0.15, 0.2) is 17.1 Å². The molecule has 2 aliphatic rings. The van der Waals surface area contributed by atoms with Crippen LogP contribution in [0.25, 0.3) is 5.52 Å². The van der Waals surface area contributed by atoms with Crippen LogP contribution in [0.2, 0.25) is 0 Å². The van der Waals surface area contributed by atoms with Gasteiger partial charge in [-0.15, -0.1) is 0 Å². The zero-order chi connectivity index (χ0) is 20.0. The molecule has 1 saturated carbocycles. The fourth-order valence-electron chi connectivity index (χ4n) is 4.13. The van der Waals surface area contributed by atoms with Crippen LogP contribution in [-0.4, -0.2) is 36.2 Å². The maximum atomic E-state index is 15.1. The Morgan fingerprint density at radius 1 is 1.36 bits per heavy atom. The van der Waals surface area contributed by atoms with Crippen molar-refractivity contribution in [3.8, 4) is 0 Å². The molecule has 28 heavy (non-hydrogen) atoms. The van der Waals surface area contributed by atoms with E-state index in [0.717, 1.165) is 18.4 Å². The SMILES string of the molecule is CCOC(=O)c1cc(C2CC2)c2c(C)c(N3CC[C@H](ON)C3)c(F)cn2c1=O. The van der Waals surface area contributed by atoms with Gasteiger partial charge in [-0.1, -0.05) is 0 Å². The number of aryl methyl sites for hydroxylation is 1. The Hall–Kier alpha value is -2.45. The molecule has 0 bridgehead atoms. The molecule has 2 fully saturated rings. The van der Waals surface area contributed by atoms with E-state index in [2.05, 4.69) is 0 Å². The number of esters is 1. The van der Waals surface area contributed by atoms with Crippen molar-refractivity contribution in [2.75, 3.05) is 24.6 Å². The molecule has 1 saturated heterocycles. The van der Waals surface area contributed by atoms with Gasteiger partial charge in [-0.25, -0.2) is 15.1 Å². The highest BCUT2D eigenvalue weighted by Crippen LogP contribution is 2.44. The average molecular weight is 389 g/mol. The van der Waals surface area contributed by atoms with Crippen LogP contribution in [0.1, 0.15) is 53.6 Å². The van der Waals surface area contributed by atoms with Crippen molar-refractivity contribution in [3.05, 3.63) is 45.1 Å². The number of halogens is 1. The monoisotopic (exact) mass is 389 g/mol. The van der Waals surface area contributed by atoms with Crippen molar-refractivity contribution in [1.29, 1.82) is 0 Å². The number of hydrogen-bond donors (Lipinski definition) is 1. The number of hydrogen-bond acceptors (Lipinski definition) is 6. The summed E-state index contributed by atoms with van der Waals surface area (Å²) in [5.41, 5.74) is 2.11. The summed E-state index contributed by atoms with van der Waals surface area (Å²) in [5.74, 6) is 4.38. The molecule has 150 valence electrons. The van der Waals surface area contributed by atoms with E-state index in [9.17, 15) is 9.59 Å². The first-order chi connectivity index (χ1) is 13.5. The Morgan fingerprint density at radius 2 is 2.11 bits per heavy atom. The predicted molar refractivity (Wildman–Crippen MR) is 102 cm³/mol. The number of carbonyl (C=O) groups excluding carboxylic acids is 1. The lowest BCUT2D eigenvalue weighted by atomic mass is 10.0. The zero-order valence-electron chi connectivity index (χ0n) is 16.0. The minimum Gasteiger partial charge on any atom is -0.462 e. The summed E-state index contributed by atoms with van der Waals surface area (Å²) in [7, 11) is 0. The third kappa shape index (κ3) is 3.06. The third-order valence-corrected chi connectivity index (χ3v) is 5.61. The molecule has 1 aliphatic carbocycles. The highest BCUT2D eigenvalue weighted by molar-refractivity contribution is 5.90. The topological polar surface area (TPSA) is 86.3 Å². The molecule has 2 N–H and O–H groups in total. The van der Waals surface area contributed by atoms with Gasteiger partial charge in [0.05, 0.1) is 30.1 Å². The van der Waals surface area contributed by atoms with E-state index < -0.39 is 17.3 Å². The largest absolute Gasteiger partial charge is 0.462 e. The van der Waals surface area contributed by atoms with Crippen LogP contribution in [-0.2, 0) is 9.57 Å². The highest BCUT2D eigenvalue weighted by Gasteiger charge is 2.32. The molecule has 1 atom stereocenters. The van der Waals surface area contributed by atoms with Gasteiger partial charge in [0.25, 0.3) is 5.56 Å². The van der Waals surface area contributed by atoms with Gasteiger partial charge in [0.15, 0.2) is 5.82 Å². The van der Waals surface area contributed by atoms with Crippen molar-refractivity contribution in [2.24, 2.45) is 5.90 Å². The van der Waals surface area contributed by atoms with Gasteiger partial charge >= 0.3 is 5.97 Å². The van der Waals surface area contributed by atoms with Gasteiger partial charge < -0.3 is 9.64 Å². The van der Waals surface area contributed by atoms with Crippen molar-refractivity contribution in [3.63, 3.8) is 0 Å². The number of aromatic nitrogens is 1. The lowest BCUT2D eigenvalue weighted by molar-refractivity contribution is 0.0524. The third-order valence-electron chi connectivity index (χ3n) is 5.61. The molecule has 0 amide bonds. The Morgan fingerprint density at radius 3 is 2.71 bits per heavy atom. The number of nitrogens with two attached hydrogens (primary N) is 1. The average Bonchev–Trinajstić information content (AvgIpc) is 3.40. The molecule has 7 nitrogen and oxygen atoms in total. The van der Waals surface area contributed by atoms with E-state index in [1.165, 1.54) is 10.6 Å². The number of ether oxygens (including phenoxy) is 1. The number of rotatable bonds is 5. The number of carbonyl (C=O) groups is 1. The molecule has 3 heterocycles. The van der Waals surface area contributed by atoms with Gasteiger partial charge in [-0.3, -0.25) is 14.0 Å². The van der Waals surface area contributed by atoms with Crippen molar-refractivity contribution in [2.45, 2.75) is 45.1 Å². The quantitative estimate of drug-likeness (QED) is 0.624. The fourth-order valence-corrected chi connectivity index (χ4v) is 4.13. The van der Waals surface area contributed by atoms with Gasteiger partial charge in [0, 0.05) is 13.1 Å². The summed E-state index contributed by atoms with van der Waals surface area (Å²) in [4.78, 5) is 32.0. The first-order valence-electron chi connectivity index (χ1n) is 9.62. The Balaban J connectivity index is 1.93. The number of fused-ring (bicyclic) bond motifs is 1. The van der Waals surface area contributed by atoms with Gasteiger partial charge in [0.2, 0.25) is 0 Å². The molecule has 0 aromatic carbocycles. The fraction of sp³-hybridized carbons (Fsp3) is 0.500. The number of pyridine rings is 2. The highest BCUT2D eigenvalue weighted by atomic mass is 19.1. The molecule has 0 radical (unpaired) electrons. The first kappa shape index (κ1) is 18.9. The second kappa shape index (κ2) is 7.18. The maximum Gasteiger partial charge on any atom is 0.343 e. The molecule has 2 aromatic heterocycles. The summed E-state index contributed by atoms with van der Waals surface area (Å²) in [5, 5.41) is 0. The smallest absolute Gasteiger partial charge is 0.343 e. The summed E-state index contributed by atoms with van der Waals surface area (Å²) in [6.45, 7) is 4.79. The second-order valence-corrected chi connectivity index (χ2v) is 7.48. The minimum absolute atomic E-state index is 0.0504. The van der Waals surface area contributed by atoms with Crippen LogP contribution >= 0.6 is 0 Å². The van der Waals surface area contributed by atoms with Crippen molar-refractivity contribution < 1.29 is 18.8 Å². The van der Waals surface area contributed by atoms with Gasteiger partial charge in [0.1, 0.15) is 5.56 Å². The van der Waals surface area contributed by atoms with Crippen LogP contribution in [0, 0.1) is 12.7 Å². The standard InChI is InChI=1S/C20H24FN3O4/c1-3-27-20(26)15-8-14(12-4-5-12)17-11(2)18(16(21)10-24(17)19(15)25)23-7-6-13(9-23)28-22/h8,10,12-13H,3-7,9,22H2,1-2H3/t13-/m0/s1. The Kier molecular flexibility index (Phi) is 4.84. The molecule has 0 spiro atoms. The second-order valence-electron chi connectivity index (χ2n) is 7.48. The van der Waals surface area contributed by atoms with Gasteiger partial charge in [-0.05, 0) is 56.2 Å². The van der Waals surface area contributed by atoms with Crippen LogP contribution in [0.4, 0.5) is 10.1 Å². The molecule has 1 aliphatic heterocycles. The summed E-state index contributed by atoms with van der Waals surface area (Å²) >= 11 is 0. The van der Waals surface area contributed by atoms with Crippen molar-refractivity contribution in [1.82, 2.24) is 4.40 Å². The molecular formula is C20H24FN3O4. The summed E-state index contributed by atoms with van der Waals surface area (Å²) in [6, 6.07) is 1.64. The normalized spacial score (nSPS) is 19.4. The van der Waals surface area contributed by atoms with Crippen LogP contribution in [0.5, 0.6) is 0 Å². The summed E-state index contributed by atoms with van der Waals surface area (Å²) in [6.07, 6.45) is 3.71. The number of anilines is 1. The molecule has 8 heteroatoms. The molecule has 2 aromatic rings. The lowest BCUT2D eigenvalue weighted by Gasteiger charge is -2.24. The van der Waals surface area contributed by atoms with Crippen molar-refractivity contribution >= 4 is 17.2 Å². The zero-order valence-corrected chi connectivity index (χ0v) is 16.0. The summed E-state index contributed by atoms with van der Waals surface area (Å²) < 4.78 is 21.4. The van der Waals surface area contributed by atoms with Crippen LogP contribution < -0.4 is 16.4 Å². The molecule has 0 unspecified atom stereocenters. The van der Waals surface area contributed by atoms with E-state index >= 15 is 4.39 Å². The van der Waals surface area contributed by atoms with Crippen LogP contribution in [0.3, 0.4) is 0 Å².